The molecule has 3 N–H and O–H groups in total. The Labute approximate surface area is 187 Å². The molecule has 0 radical (unpaired) electrons. The first-order valence-electron chi connectivity index (χ1n) is 12.6. The summed E-state index contributed by atoms with van der Waals surface area (Å²) in [5.74, 6) is 0. The molecule has 0 aromatic carbocycles. The number of allylic oxidation sites excluding steroid dienone is 4. The van der Waals surface area contributed by atoms with Crippen LogP contribution in [-0.2, 0) is 0 Å². The van der Waals surface area contributed by atoms with Gasteiger partial charge >= 0.3 is 0 Å². The standard InChI is InChI=1S/C26H51NO3/c1-3-5-7-9-11-13-15-17-19-25(29)23-27(21-22-28)24-26(30)20-18-16-14-12-10-8-6-4-2/h11-14,25-26,28-30H,3-10,15-24H2,1-2H3/b13-11+,14-12+. The molecule has 0 bridgehead atoms. The third-order valence-corrected chi connectivity index (χ3v) is 5.45. The molecule has 30 heavy (non-hydrogen) atoms. The number of unbranched alkanes of at least 4 members (excludes halogenated alkanes) is 8. The first-order chi connectivity index (χ1) is 14.6. The van der Waals surface area contributed by atoms with Gasteiger partial charge in [0.1, 0.15) is 0 Å². The third-order valence-electron chi connectivity index (χ3n) is 5.45. The maximum Gasteiger partial charge on any atom is 0.0667 e. The van der Waals surface area contributed by atoms with Gasteiger partial charge in [-0.25, -0.2) is 0 Å². The molecule has 0 aliphatic rings. The van der Waals surface area contributed by atoms with Crippen LogP contribution in [0, 0.1) is 0 Å². The summed E-state index contributed by atoms with van der Waals surface area (Å²) in [5, 5.41) is 30.0. The van der Waals surface area contributed by atoms with Crippen LogP contribution in [0.5, 0.6) is 0 Å². The van der Waals surface area contributed by atoms with Crippen LogP contribution in [0.3, 0.4) is 0 Å². The van der Waals surface area contributed by atoms with Gasteiger partial charge in [0, 0.05) is 19.6 Å². The van der Waals surface area contributed by atoms with Gasteiger partial charge in [-0.1, -0.05) is 63.8 Å². The van der Waals surface area contributed by atoms with E-state index in [0.717, 1.165) is 51.4 Å². The molecule has 0 rings (SSSR count). The van der Waals surface area contributed by atoms with Crippen molar-refractivity contribution in [2.24, 2.45) is 0 Å². The molecular weight excluding hydrogens is 374 g/mol. The zero-order valence-electron chi connectivity index (χ0n) is 20.0. The highest BCUT2D eigenvalue weighted by atomic mass is 16.3. The van der Waals surface area contributed by atoms with Gasteiger partial charge in [0.15, 0.2) is 0 Å². The van der Waals surface area contributed by atoms with Crippen molar-refractivity contribution in [1.29, 1.82) is 0 Å². The zero-order chi connectivity index (χ0) is 22.3. The van der Waals surface area contributed by atoms with Crippen LogP contribution in [0.25, 0.3) is 0 Å². The molecule has 0 fully saturated rings. The number of nitrogens with zero attached hydrogens (tertiary/aromatic N) is 1. The Morgan fingerprint density at radius 2 is 1.03 bits per heavy atom. The summed E-state index contributed by atoms with van der Waals surface area (Å²) in [4.78, 5) is 2.00. The van der Waals surface area contributed by atoms with E-state index in [4.69, 9.17) is 0 Å². The lowest BCUT2D eigenvalue weighted by atomic mass is 10.1. The fourth-order valence-corrected chi connectivity index (χ4v) is 3.62. The van der Waals surface area contributed by atoms with Crippen molar-refractivity contribution >= 4 is 0 Å². The lowest BCUT2D eigenvalue weighted by Crippen LogP contribution is -2.39. The van der Waals surface area contributed by atoms with E-state index >= 15 is 0 Å². The van der Waals surface area contributed by atoms with Crippen LogP contribution in [0.4, 0.5) is 0 Å². The zero-order valence-corrected chi connectivity index (χ0v) is 20.0. The van der Waals surface area contributed by atoms with Gasteiger partial charge in [-0.15, -0.1) is 0 Å². The van der Waals surface area contributed by atoms with E-state index in [9.17, 15) is 15.3 Å². The predicted octanol–water partition coefficient (Wildman–Crippen LogP) is 5.62. The van der Waals surface area contributed by atoms with Gasteiger partial charge < -0.3 is 15.3 Å². The minimum Gasteiger partial charge on any atom is -0.395 e. The molecule has 0 saturated heterocycles. The molecule has 0 saturated carbocycles. The quantitative estimate of drug-likeness (QED) is 0.156. The molecular formula is C26H51NO3. The molecule has 0 aliphatic heterocycles. The van der Waals surface area contributed by atoms with Crippen molar-refractivity contribution in [3.8, 4) is 0 Å². The van der Waals surface area contributed by atoms with Gasteiger partial charge in [-0.3, -0.25) is 4.90 Å². The number of hydrogen-bond acceptors (Lipinski definition) is 4. The minimum atomic E-state index is -0.400. The first-order valence-corrected chi connectivity index (χ1v) is 12.6. The van der Waals surface area contributed by atoms with Gasteiger partial charge in [-0.05, 0) is 64.2 Å². The molecule has 0 aliphatic carbocycles. The van der Waals surface area contributed by atoms with Crippen LogP contribution in [0.2, 0.25) is 0 Å². The molecule has 178 valence electrons. The van der Waals surface area contributed by atoms with E-state index in [1.807, 2.05) is 4.90 Å². The van der Waals surface area contributed by atoms with Crippen molar-refractivity contribution in [2.75, 3.05) is 26.2 Å². The normalized spacial score (nSPS) is 14.3. The molecule has 0 amide bonds. The summed E-state index contributed by atoms with van der Waals surface area (Å²) in [6.45, 7) is 6.05. The highest BCUT2D eigenvalue weighted by molar-refractivity contribution is 4.83. The summed E-state index contributed by atoms with van der Waals surface area (Å²) in [6.07, 6.45) is 23.7. The Bertz CT molecular complexity index is 364. The minimum absolute atomic E-state index is 0.0560. The van der Waals surface area contributed by atoms with E-state index in [1.54, 1.807) is 0 Å². The Hall–Kier alpha value is -0.680. The van der Waals surface area contributed by atoms with Crippen molar-refractivity contribution in [1.82, 2.24) is 4.90 Å². The monoisotopic (exact) mass is 425 g/mol. The molecule has 0 heterocycles. The SMILES string of the molecule is CCCCC/C=C/CCCC(O)CN(CCO)CC(O)CCC/C=C/CCCCC. The van der Waals surface area contributed by atoms with E-state index in [0.29, 0.717) is 19.6 Å². The average molecular weight is 426 g/mol. The lowest BCUT2D eigenvalue weighted by molar-refractivity contribution is 0.0526. The van der Waals surface area contributed by atoms with Crippen LogP contribution in [0.1, 0.15) is 104 Å². The summed E-state index contributed by atoms with van der Waals surface area (Å²) in [5.41, 5.74) is 0. The van der Waals surface area contributed by atoms with E-state index in [-0.39, 0.29) is 6.61 Å². The lowest BCUT2D eigenvalue weighted by Gasteiger charge is -2.26. The third kappa shape index (κ3) is 20.6. The Balaban J connectivity index is 3.92. The smallest absolute Gasteiger partial charge is 0.0667 e. The summed E-state index contributed by atoms with van der Waals surface area (Å²) >= 11 is 0. The van der Waals surface area contributed by atoms with E-state index in [1.165, 1.54) is 38.5 Å². The van der Waals surface area contributed by atoms with Crippen LogP contribution >= 0.6 is 0 Å². The topological polar surface area (TPSA) is 63.9 Å². The van der Waals surface area contributed by atoms with Crippen LogP contribution in [0.15, 0.2) is 24.3 Å². The second-order valence-electron chi connectivity index (χ2n) is 8.59. The number of hydrogen-bond donors (Lipinski definition) is 3. The highest BCUT2D eigenvalue weighted by Gasteiger charge is 2.15. The Morgan fingerprint density at radius 3 is 1.40 bits per heavy atom. The molecule has 4 heteroatoms. The van der Waals surface area contributed by atoms with Gasteiger partial charge in [0.2, 0.25) is 0 Å². The largest absolute Gasteiger partial charge is 0.395 e. The van der Waals surface area contributed by atoms with Crippen molar-refractivity contribution in [3.05, 3.63) is 24.3 Å². The van der Waals surface area contributed by atoms with E-state index in [2.05, 4.69) is 38.2 Å². The van der Waals surface area contributed by atoms with E-state index < -0.39 is 12.2 Å². The summed E-state index contributed by atoms with van der Waals surface area (Å²) in [6, 6.07) is 0. The summed E-state index contributed by atoms with van der Waals surface area (Å²) in [7, 11) is 0. The number of aliphatic hydroxyl groups excluding tert-OH is 3. The van der Waals surface area contributed by atoms with Crippen molar-refractivity contribution < 1.29 is 15.3 Å². The van der Waals surface area contributed by atoms with Crippen molar-refractivity contribution in [2.45, 2.75) is 116 Å². The predicted molar refractivity (Wildman–Crippen MR) is 130 cm³/mol. The number of aliphatic hydroxyl groups is 3. The highest BCUT2D eigenvalue weighted by Crippen LogP contribution is 2.09. The Morgan fingerprint density at radius 1 is 0.633 bits per heavy atom. The average Bonchev–Trinajstić information content (AvgIpc) is 2.72. The summed E-state index contributed by atoms with van der Waals surface area (Å²) < 4.78 is 0. The molecule has 0 spiro atoms. The molecule has 2 unspecified atom stereocenters. The van der Waals surface area contributed by atoms with Gasteiger partial charge in [0.25, 0.3) is 0 Å². The van der Waals surface area contributed by atoms with Gasteiger partial charge in [0.05, 0.1) is 18.8 Å². The maximum atomic E-state index is 10.3. The molecule has 2 atom stereocenters. The molecule has 4 nitrogen and oxygen atoms in total. The van der Waals surface area contributed by atoms with Gasteiger partial charge in [-0.2, -0.15) is 0 Å². The van der Waals surface area contributed by atoms with Crippen LogP contribution in [-0.4, -0.2) is 58.7 Å². The Kier molecular flexibility index (Phi) is 22.5. The number of rotatable bonds is 22. The second kappa shape index (κ2) is 23.0. The first kappa shape index (κ1) is 29.3. The fourth-order valence-electron chi connectivity index (χ4n) is 3.62. The van der Waals surface area contributed by atoms with Crippen LogP contribution < -0.4 is 0 Å². The van der Waals surface area contributed by atoms with Crippen molar-refractivity contribution in [3.63, 3.8) is 0 Å². The maximum absolute atomic E-state index is 10.3. The molecule has 0 aromatic rings. The molecule has 0 aromatic heterocycles. The second-order valence-corrected chi connectivity index (χ2v) is 8.59. The fraction of sp³-hybridized carbons (Fsp3) is 0.846.